The summed E-state index contributed by atoms with van der Waals surface area (Å²) in [6, 6.07) is 7.86. The summed E-state index contributed by atoms with van der Waals surface area (Å²) in [7, 11) is 1.69. The van der Waals surface area contributed by atoms with Gasteiger partial charge >= 0.3 is 0 Å². The molecule has 0 aromatic heterocycles. The van der Waals surface area contributed by atoms with Gasteiger partial charge in [0.2, 0.25) is 0 Å². The molecule has 0 aliphatic carbocycles. The first-order valence-corrected chi connectivity index (χ1v) is 7.02. The number of hydrogen-bond donors (Lipinski definition) is 0. The summed E-state index contributed by atoms with van der Waals surface area (Å²) in [6.45, 7) is 5.50. The van der Waals surface area contributed by atoms with Gasteiger partial charge in [-0.25, -0.2) is 0 Å². The molecule has 1 aromatic carbocycles. The number of likely N-dealkylation sites (tertiary alicyclic amines) is 1. The second-order valence-corrected chi connectivity index (χ2v) is 5.45. The predicted molar refractivity (Wildman–Crippen MR) is 76.0 cm³/mol. The van der Waals surface area contributed by atoms with Gasteiger partial charge in [-0.1, -0.05) is 6.92 Å². The second-order valence-electron chi connectivity index (χ2n) is 5.45. The zero-order chi connectivity index (χ0) is 13.7. The molecule has 0 saturated carbocycles. The van der Waals surface area contributed by atoms with Gasteiger partial charge < -0.3 is 4.74 Å². The lowest BCUT2D eigenvalue weighted by molar-refractivity contribution is 0.268. The number of benzene rings is 1. The van der Waals surface area contributed by atoms with Crippen molar-refractivity contribution in [1.29, 1.82) is 5.26 Å². The molecule has 3 nitrogen and oxygen atoms in total. The zero-order valence-electron chi connectivity index (χ0n) is 11.9. The molecule has 102 valence electrons. The normalized spacial score (nSPS) is 20.6. The van der Waals surface area contributed by atoms with E-state index in [4.69, 9.17) is 10.00 Å². The Hall–Kier alpha value is -1.53. The number of hydrogen-bond acceptors (Lipinski definition) is 3. The number of methoxy groups -OCH3 is 1. The standard InChI is InChI=1S/C16H22N2O/c1-13-4-3-8-18(9-7-13)12-15-10-14(11-17)5-6-16(15)19-2/h5-6,10,13H,3-4,7-9,12H2,1-2H3. The minimum atomic E-state index is 0.707. The Kier molecular flexibility index (Phi) is 4.81. The van der Waals surface area contributed by atoms with Crippen LogP contribution in [0.2, 0.25) is 0 Å². The molecule has 1 aliphatic heterocycles. The van der Waals surface area contributed by atoms with Crippen LogP contribution in [0.3, 0.4) is 0 Å². The molecular weight excluding hydrogens is 236 g/mol. The monoisotopic (exact) mass is 258 g/mol. The zero-order valence-corrected chi connectivity index (χ0v) is 11.9. The first-order valence-electron chi connectivity index (χ1n) is 7.02. The molecule has 1 heterocycles. The van der Waals surface area contributed by atoms with E-state index >= 15 is 0 Å². The number of nitrogens with zero attached hydrogens (tertiary/aromatic N) is 2. The Morgan fingerprint density at radius 2 is 2.21 bits per heavy atom. The summed E-state index contributed by atoms with van der Waals surface area (Å²) in [5.41, 5.74) is 1.83. The lowest BCUT2D eigenvalue weighted by Crippen LogP contribution is -2.24. The maximum absolute atomic E-state index is 9.01. The molecule has 1 aliphatic rings. The lowest BCUT2D eigenvalue weighted by Gasteiger charge is -2.21. The van der Waals surface area contributed by atoms with E-state index in [1.54, 1.807) is 7.11 Å². The fourth-order valence-corrected chi connectivity index (χ4v) is 2.69. The SMILES string of the molecule is COc1ccc(C#N)cc1CN1CCCC(C)CC1. The number of rotatable bonds is 3. The van der Waals surface area contributed by atoms with Crippen LogP contribution < -0.4 is 4.74 Å². The molecule has 0 spiro atoms. The molecule has 0 N–H and O–H groups in total. The van der Waals surface area contributed by atoms with Crippen LogP contribution in [0.1, 0.15) is 37.3 Å². The predicted octanol–water partition coefficient (Wildman–Crippen LogP) is 3.19. The van der Waals surface area contributed by atoms with E-state index in [1.807, 2.05) is 18.2 Å². The van der Waals surface area contributed by atoms with E-state index in [1.165, 1.54) is 19.3 Å². The molecule has 1 unspecified atom stereocenters. The van der Waals surface area contributed by atoms with Crippen molar-refractivity contribution < 1.29 is 4.74 Å². The van der Waals surface area contributed by atoms with Crippen LogP contribution in [0.15, 0.2) is 18.2 Å². The van der Waals surface area contributed by atoms with E-state index in [-0.39, 0.29) is 0 Å². The fourth-order valence-electron chi connectivity index (χ4n) is 2.69. The second kappa shape index (κ2) is 6.58. The Balaban J connectivity index is 2.11. The molecule has 0 radical (unpaired) electrons. The van der Waals surface area contributed by atoms with Gasteiger partial charge in [0, 0.05) is 12.1 Å². The smallest absolute Gasteiger partial charge is 0.123 e. The van der Waals surface area contributed by atoms with Crippen molar-refractivity contribution in [1.82, 2.24) is 4.90 Å². The van der Waals surface area contributed by atoms with E-state index < -0.39 is 0 Å². The molecule has 1 atom stereocenters. The van der Waals surface area contributed by atoms with Crippen LogP contribution in [-0.2, 0) is 6.54 Å². The maximum Gasteiger partial charge on any atom is 0.123 e. The molecule has 1 fully saturated rings. The van der Waals surface area contributed by atoms with Crippen LogP contribution in [0, 0.1) is 17.2 Å². The van der Waals surface area contributed by atoms with Gasteiger partial charge in [0.25, 0.3) is 0 Å². The van der Waals surface area contributed by atoms with Crippen LogP contribution in [0.5, 0.6) is 5.75 Å². The highest BCUT2D eigenvalue weighted by Crippen LogP contribution is 2.24. The number of ether oxygens (including phenoxy) is 1. The molecular formula is C16H22N2O. The van der Waals surface area contributed by atoms with Crippen molar-refractivity contribution in [2.75, 3.05) is 20.2 Å². The molecule has 1 saturated heterocycles. The average Bonchev–Trinajstić information content (AvgIpc) is 2.63. The van der Waals surface area contributed by atoms with Crippen LogP contribution in [0.4, 0.5) is 0 Å². The highest BCUT2D eigenvalue weighted by atomic mass is 16.5. The average molecular weight is 258 g/mol. The fraction of sp³-hybridized carbons (Fsp3) is 0.562. The van der Waals surface area contributed by atoms with E-state index in [0.29, 0.717) is 5.56 Å². The van der Waals surface area contributed by atoms with Crippen molar-refractivity contribution in [2.45, 2.75) is 32.7 Å². The van der Waals surface area contributed by atoms with Gasteiger partial charge in [-0.2, -0.15) is 5.26 Å². The molecule has 0 bridgehead atoms. The van der Waals surface area contributed by atoms with Crippen LogP contribution in [0.25, 0.3) is 0 Å². The van der Waals surface area contributed by atoms with Crippen molar-refractivity contribution in [2.24, 2.45) is 5.92 Å². The van der Waals surface area contributed by atoms with E-state index in [2.05, 4.69) is 17.9 Å². The summed E-state index contributed by atoms with van der Waals surface area (Å²) < 4.78 is 5.40. The summed E-state index contributed by atoms with van der Waals surface area (Å²) in [5.74, 6) is 1.72. The van der Waals surface area contributed by atoms with Gasteiger partial charge in [0.05, 0.1) is 18.7 Å². The third kappa shape index (κ3) is 3.71. The summed E-state index contributed by atoms with van der Waals surface area (Å²) in [6.07, 6.45) is 3.85. The molecule has 0 amide bonds. The quantitative estimate of drug-likeness (QED) is 0.835. The molecule has 2 rings (SSSR count). The maximum atomic E-state index is 9.01. The molecule has 1 aromatic rings. The van der Waals surface area contributed by atoms with E-state index in [0.717, 1.165) is 36.9 Å². The minimum absolute atomic E-state index is 0.707. The van der Waals surface area contributed by atoms with E-state index in [9.17, 15) is 0 Å². The Labute approximate surface area is 115 Å². The summed E-state index contributed by atoms with van der Waals surface area (Å²) in [5, 5.41) is 9.01. The number of nitriles is 1. The van der Waals surface area contributed by atoms with Gasteiger partial charge in [0.1, 0.15) is 5.75 Å². The van der Waals surface area contributed by atoms with Crippen LogP contribution >= 0.6 is 0 Å². The van der Waals surface area contributed by atoms with Gasteiger partial charge in [0.15, 0.2) is 0 Å². The highest BCUT2D eigenvalue weighted by molar-refractivity contribution is 5.42. The van der Waals surface area contributed by atoms with Crippen molar-refractivity contribution in [3.63, 3.8) is 0 Å². The third-order valence-electron chi connectivity index (χ3n) is 3.91. The van der Waals surface area contributed by atoms with Crippen molar-refractivity contribution in [3.05, 3.63) is 29.3 Å². The summed E-state index contributed by atoms with van der Waals surface area (Å²) >= 11 is 0. The summed E-state index contributed by atoms with van der Waals surface area (Å²) in [4.78, 5) is 2.47. The highest BCUT2D eigenvalue weighted by Gasteiger charge is 2.15. The molecule has 3 heteroatoms. The first-order chi connectivity index (χ1) is 9.22. The Morgan fingerprint density at radius 1 is 1.37 bits per heavy atom. The largest absolute Gasteiger partial charge is 0.496 e. The minimum Gasteiger partial charge on any atom is -0.496 e. The Bertz CT molecular complexity index is 464. The van der Waals surface area contributed by atoms with Gasteiger partial charge in [-0.05, 0) is 56.5 Å². The van der Waals surface area contributed by atoms with Crippen molar-refractivity contribution >= 4 is 0 Å². The van der Waals surface area contributed by atoms with Gasteiger partial charge in [-0.3, -0.25) is 4.90 Å². The third-order valence-corrected chi connectivity index (χ3v) is 3.91. The molecule has 19 heavy (non-hydrogen) atoms. The first kappa shape index (κ1) is 13.9. The van der Waals surface area contributed by atoms with Crippen LogP contribution in [-0.4, -0.2) is 25.1 Å². The topological polar surface area (TPSA) is 36.3 Å². The Morgan fingerprint density at radius 3 is 2.95 bits per heavy atom. The lowest BCUT2D eigenvalue weighted by atomic mass is 10.0. The van der Waals surface area contributed by atoms with Crippen molar-refractivity contribution in [3.8, 4) is 11.8 Å². The van der Waals surface area contributed by atoms with Gasteiger partial charge in [-0.15, -0.1) is 0 Å².